The van der Waals surface area contributed by atoms with Crippen LogP contribution in [-0.4, -0.2) is 12.5 Å². The average molecular weight is 300 g/mol. The second kappa shape index (κ2) is 7.36. The van der Waals surface area contributed by atoms with Gasteiger partial charge in [-0.15, -0.1) is 0 Å². The van der Waals surface area contributed by atoms with Crippen LogP contribution < -0.4 is 20.5 Å². The van der Waals surface area contributed by atoms with E-state index in [-0.39, 0.29) is 5.91 Å². The summed E-state index contributed by atoms with van der Waals surface area (Å²) in [6.07, 6.45) is 0. The fraction of sp³-hybridized carbons (Fsp3) is 0.235. The van der Waals surface area contributed by atoms with Crippen LogP contribution >= 0.6 is 0 Å². The molecule has 116 valence electrons. The highest BCUT2D eigenvalue weighted by Gasteiger charge is 2.11. The summed E-state index contributed by atoms with van der Waals surface area (Å²) in [7, 11) is 0. The van der Waals surface area contributed by atoms with Crippen LogP contribution in [0.5, 0.6) is 11.5 Å². The number of carbonyl (C=O) groups excluding carboxylic acids is 1. The average Bonchev–Trinajstić information content (AvgIpc) is 2.49. The molecule has 0 radical (unpaired) electrons. The highest BCUT2D eigenvalue weighted by atomic mass is 16.5. The lowest BCUT2D eigenvalue weighted by molar-refractivity contribution is -0.114. The van der Waals surface area contributed by atoms with Crippen molar-refractivity contribution < 1.29 is 14.3 Å². The summed E-state index contributed by atoms with van der Waals surface area (Å²) in [5.74, 6) is 0.857. The van der Waals surface area contributed by atoms with Crippen molar-refractivity contribution in [3.05, 3.63) is 48.0 Å². The largest absolute Gasteiger partial charge is 0.492 e. The number of hydrogen-bond donors (Lipinski definition) is 2. The summed E-state index contributed by atoms with van der Waals surface area (Å²) in [4.78, 5) is 11.4. The van der Waals surface area contributed by atoms with Gasteiger partial charge in [-0.05, 0) is 12.5 Å². The molecule has 0 unspecified atom stereocenters. The smallest absolute Gasteiger partial charge is 0.221 e. The molecule has 0 spiro atoms. The van der Waals surface area contributed by atoms with Gasteiger partial charge in [-0.1, -0.05) is 30.3 Å². The number of nitrogens with two attached hydrogens (primary N) is 1. The van der Waals surface area contributed by atoms with Gasteiger partial charge in [0.05, 0.1) is 18.0 Å². The van der Waals surface area contributed by atoms with E-state index in [1.54, 1.807) is 12.1 Å². The second-order valence-electron chi connectivity index (χ2n) is 4.77. The summed E-state index contributed by atoms with van der Waals surface area (Å²) >= 11 is 0. The molecule has 2 rings (SSSR count). The third-order valence-corrected chi connectivity index (χ3v) is 2.96. The second-order valence-corrected chi connectivity index (χ2v) is 4.77. The van der Waals surface area contributed by atoms with Crippen molar-refractivity contribution in [3.63, 3.8) is 0 Å². The number of benzene rings is 2. The lowest BCUT2D eigenvalue weighted by Crippen LogP contribution is -2.09. The molecule has 0 fully saturated rings. The quantitative estimate of drug-likeness (QED) is 0.803. The first-order valence-corrected chi connectivity index (χ1v) is 7.10. The molecule has 0 aliphatic rings. The van der Waals surface area contributed by atoms with Gasteiger partial charge in [0.2, 0.25) is 5.91 Å². The van der Waals surface area contributed by atoms with Crippen LogP contribution in [0.2, 0.25) is 0 Å². The van der Waals surface area contributed by atoms with E-state index in [4.69, 9.17) is 15.2 Å². The monoisotopic (exact) mass is 300 g/mol. The Morgan fingerprint density at radius 2 is 1.86 bits per heavy atom. The fourth-order valence-electron chi connectivity index (χ4n) is 2.00. The van der Waals surface area contributed by atoms with Gasteiger partial charge in [0.25, 0.3) is 0 Å². The van der Waals surface area contributed by atoms with Crippen LogP contribution in [0.3, 0.4) is 0 Å². The molecule has 22 heavy (non-hydrogen) atoms. The Balaban J connectivity index is 2.23. The van der Waals surface area contributed by atoms with Gasteiger partial charge in [0.1, 0.15) is 18.1 Å². The number of ether oxygens (including phenoxy) is 2. The van der Waals surface area contributed by atoms with Crippen LogP contribution in [0, 0.1) is 0 Å². The molecule has 2 aromatic carbocycles. The van der Waals surface area contributed by atoms with Gasteiger partial charge < -0.3 is 20.5 Å². The van der Waals surface area contributed by atoms with Crippen LogP contribution in [0.1, 0.15) is 19.4 Å². The first kappa shape index (κ1) is 15.7. The Hall–Kier alpha value is -2.69. The highest BCUT2D eigenvalue weighted by Crippen LogP contribution is 2.35. The molecule has 0 atom stereocenters. The molecule has 5 heteroatoms. The standard InChI is InChI=1S/C17H20N2O3/c1-3-21-16-10-15(19-12(2)20)17(9-14(16)18)22-11-13-7-5-4-6-8-13/h4-10H,3,11,18H2,1-2H3,(H,19,20). The predicted octanol–water partition coefficient (Wildman–Crippen LogP) is 3.20. The van der Waals surface area contributed by atoms with Crippen molar-refractivity contribution in [3.8, 4) is 11.5 Å². The number of amides is 1. The summed E-state index contributed by atoms with van der Waals surface area (Å²) in [6.45, 7) is 4.20. The number of nitrogen functional groups attached to an aromatic ring is 1. The zero-order valence-electron chi connectivity index (χ0n) is 12.8. The molecule has 0 bridgehead atoms. The molecule has 2 aromatic rings. The van der Waals surface area contributed by atoms with E-state index in [1.165, 1.54) is 6.92 Å². The summed E-state index contributed by atoms with van der Waals surface area (Å²) in [6, 6.07) is 13.1. The maximum Gasteiger partial charge on any atom is 0.221 e. The lowest BCUT2D eigenvalue weighted by atomic mass is 10.2. The van der Waals surface area contributed by atoms with Crippen molar-refractivity contribution in [1.29, 1.82) is 0 Å². The zero-order chi connectivity index (χ0) is 15.9. The van der Waals surface area contributed by atoms with Crippen LogP contribution in [0.4, 0.5) is 11.4 Å². The Bertz CT molecular complexity index is 642. The maximum absolute atomic E-state index is 11.4. The lowest BCUT2D eigenvalue weighted by Gasteiger charge is -2.15. The topological polar surface area (TPSA) is 73.6 Å². The molecule has 0 saturated carbocycles. The molecule has 0 saturated heterocycles. The van der Waals surface area contributed by atoms with E-state index < -0.39 is 0 Å². The molecule has 3 N–H and O–H groups in total. The molecule has 0 aliphatic heterocycles. The summed E-state index contributed by atoms with van der Waals surface area (Å²) < 4.78 is 11.2. The van der Waals surface area contributed by atoms with Crippen LogP contribution in [0.15, 0.2) is 42.5 Å². The van der Waals surface area contributed by atoms with E-state index in [1.807, 2.05) is 37.3 Å². The van der Waals surface area contributed by atoms with Crippen molar-refractivity contribution in [1.82, 2.24) is 0 Å². The van der Waals surface area contributed by atoms with Gasteiger partial charge in [0.15, 0.2) is 0 Å². The molecule has 5 nitrogen and oxygen atoms in total. The van der Waals surface area contributed by atoms with Crippen LogP contribution in [0.25, 0.3) is 0 Å². The summed E-state index contributed by atoms with van der Waals surface area (Å²) in [5, 5.41) is 2.74. The van der Waals surface area contributed by atoms with Crippen molar-refractivity contribution in [2.75, 3.05) is 17.7 Å². The zero-order valence-corrected chi connectivity index (χ0v) is 12.8. The van der Waals surface area contributed by atoms with Gasteiger partial charge in [-0.3, -0.25) is 4.79 Å². The SMILES string of the molecule is CCOc1cc(NC(C)=O)c(OCc2ccccc2)cc1N. The molecule has 0 aliphatic carbocycles. The molecule has 0 aromatic heterocycles. The number of rotatable bonds is 6. The van der Waals surface area contributed by atoms with Gasteiger partial charge in [-0.2, -0.15) is 0 Å². The molecular formula is C17H20N2O3. The van der Waals surface area contributed by atoms with E-state index >= 15 is 0 Å². The Kier molecular flexibility index (Phi) is 5.25. The molecule has 1 amide bonds. The van der Waals surface area contributed by atoms with Crippen molar-refractivity contribution >= 4 is 17.3 Å². The molecule has 0 heterocycles. The Morgan fingerprint density at radius 3 is 2.50 bits per heavy atom. The Morgan fingerprint density at radius 1 is 1.14 bits per heavy atom. The van der Waals surface area contributed by atoms with E-state index in [9.17, 15) is 4.79 Å². The minimum Gasteiger partial charge on any atom is -0.492 e. The van der Waals surface area contributed by atoms with Gasteiger partial charge >= 0.3 is 0 Å². The van der Waals surface area contributed by atoms with E-state index in [2.05, 4.69) is 5.32 Å². The minimum absolute atomic E-state index is 0.184. The molecular weight excluding hydrogens is 280 g/mol. The number of carbonyl (C=O) groups is 1. The highest BCUT2D eigenvalue weighted by molar-refractivity contribution is 5.91. The first-order valence-electron chi connectivity index (χ1n) is 7.10. The van der Waals surface area contributed by atoms with E-state index in [0.717, 1.165) is 5.56 Å². The number of hydrogen-bond acceptors (Lipinski definition) is 4. The normalized spacial score (nSPS) is 10.1. The van der Waals surface area contributed by atoms with Gasteiger partial charge in [-0.25, -0.2) is 0 Å². The third-order valence-electron chi connectivity index (χ3n) is 2.96. The fourth-order valence-corrected chi connectivity index (χ4v) is 2.00. The van der Waals surface area contributed by atoms with Crippen molar-refractivity contribution in [2.45, 2.75) is 20.5 Å². The number of anilines is 2. The predicted molar refractivity (Wildman–Crippen MR) is 87.1 cm³/mol. The maximum atomic E-state index is 11.4. The Labute approximate surface area is 130 Å². The van der Waals surface area contributed by atoms with E-state index in [0.29, 0.717) is 36.1 Å². The summed E-state index contributed by atoms with van der Waals surface area (Å²) in [5.41, 5.74) is 8.00. The van der Waals surface area contributed by atoms with Crippen molar-refractivity contribution in [2.24, 2.45) is 0 Å². The van der Waals surface area contributed by atoms with Gasteiger partial charge in [0, 0.05) is 19.1 Å². The minimum atomic E-state index is -0.184. The first-order chi connectivity index (χ1) is 10.6. The third kappa shape index (κ3) is 4.15. The number of nitrogens with one attached hydrogen (secondary N) is 1. The van der Waals surface area contributed by atoms with Crippen LogP contribution in [-0.2, 0) is 11.4 Å².